The summed E-state index contributed by atoms with van der Waals surface area (Å²) in [6.07, 6.45) is 1.82. The van der Waals surface area contributed by atoms with E-state index in [4.69, 9.17) is 17.0 Å². The summed E-state index contributed by atoms with van der Waals surface area (Å²) in [5, 5.41) is 5.65. The lowest BCUT2D eigenvalue weighted by atomic mass is 10.2. The van der Waals surface area contributed by atoms with Crippen molar-refractivity contribution < 1.29 is 4.74 Å². The van der Waals surface area contributed by atoms with Crippen molar-refractivity contribution >= 4 is 17.9 Å². The summed E-state index contributed by atoms with van der Waals surface area (Å²) in [4.78, 5) is 4.32. The Morgan fingerprint density at radius 3 is 3.08 bits per heavy atom. The van der Waals surface area contributed by atoms with Crippen LogP contribution in [-0.4, -0.2) is 35.7 Å². The molecule has 0 radical (unpaired) electrons. The molecule has 0 atom stereocenters. The molecule has 0 aromatic carbocycles. The first-order valence-electron chi connectivity index (χ1n) is 3.75. The van der Waals surface area contributed by atoms with Gasteiger partial charge in [-0.2, -0.15) is 0 Å². The molecule has 1 aliphatic rings. The minimum absolute atomic E-state index is 0.565. The van der Waals surface area contributed by atoms with E-state index in [0.717, 1.165) is 17.8 Å². The van der Waals surface area contributed by atoms with Gasteiger partial charge >= 0.3 is 0 Å². The smallest absolute Gasteiger partial charge is 0.128 e. The van der Waals surface area contributed by atoms with Gasteiger partial charge in [-0.1, -0.05) is 12.2 Å². The Labute approximate surface area is 74.7 Å². The molecule has 0 saturated heterocycles. The summed E-state index contributed by atoms with van der Waals surface area (Å²) in [7, 11) is 0. The van der Waals surface area contributed by atoms with E-state index in [-0.39, 0.29) is 0 Å². The third kappa shape index (κ3) is 1.33. The number of nitrogens with zero attached hydrogens (tertiary/aromatic N) is 1. The third-order valence-corrected chi connectivity index (χ3v) is 2.06. The highest BCUT2D eigenvalue weighted by atomic mass is 32.1. The molecule has 12 heavy (non-hydrogen) atoms. The first-order valence-corrected chi connectivity index (χ1v) is 4.16. The van der Waals surface area contributed by atoms with E-state index in [1.807, 2.05) is 6.20 Å². The molecule has 1 aromatic rings. The van der Waals surface area contributed by atoms with Crippen LogP contribution in [-0.2, 0) is 4.74 Å². The monoisotopic (exact) mass is 183 g/mol. The van der Waals surface area contributed by atoms with Crippen LogP contribution in [0.25, 0.3) is 0 Å². The molecule has 2 rings (SSSR count). The van der Waals surface area contributed by atoms with Crippen LogP contribution in [0, 0.1) is 4.64 Å². The minimum Gasteiger partial charge on any atom is -0.373 e. The Kier molecular flexibility index (Phi) is 2.05. The van der Waals surface area contributed by atoms with Crippen LogP contribution in [0.15, 0.2) is 11.2 Å². The van der Waals surface area contributed by atoms with Crippen molar-refractivity contribution in [1.29, 1.82) is 0 Å². The largest absolute Gasteiger partial charge is 0.373 e. The topological polar surface area (TPSA) is 53.2 Å². The zero-order valence-corrected chi connectivity index (χ0v) is 7.28. The quantitative estimate of drug-likeness (QED) is 0.635. The average Bonchev–Trinajstić information content (AvgIpc) is 2.53. The van der Waals surface area contributed by atoms with Crippen LogP contribution in [0.4, 0.5) is 0 Å². The molecule has 0 aliphatic carbocycles. The maximum Gasteiger partial charge on any atom is 0.128 e. The number of aliphatic imine (C=N–C) groups is 1. The molecule has 0 unspecified atom stereocenters. The predicted molar refractivity (Wildman–Crippen MR) is 48.2 cm³/mol. The summed E-state index contributed by atoms with van der Waals surface area (Å²) >= 11 is 5.04. The fourth-order valence-corrected chi connectivity index (χ4v) is 1.38. The maximum absolute atomic E-state index is 5.26. The molecule has 0 amide bonds. The normalized spacial score (nSPS) is 17.5. The number of aromatic amines is 2. The molecule has 5 heteroatoms. The van der Waals surface area contributed by atoms with Crippen molar-refractivity contribution in [2.24, 2.45) is 4.99 Å². The second kappa shape index (κ2) is 3.20. The van der Waals surface area contributed by atoms with Crippen molar-refractivity contribution in [1.82, 2.24) is 10.2 Å². The fourth-order valence-electron chi connectivity index (χ4n) is 1.14. The van der Waals surface area contributed by atoms with Gasteiger partial charge in [0.2, 0.25) is 0 Å². The van der Waals surface area contributed by atoms with Gasteiger partial charge in [-0.15, -0.1) is 0 Å². The highest BCUT2D eigenvalue weighted by molar-refractivity contribution is 7.71. The Hall–Kier alpha value is -0.940. The van der Waals surface area contributed by atoms with Crippen molar-refractivity contribution in [3.05, 3.63) is 16.4 Å². The molecular weight excluding hydrogens is 174 g/mol. The molecule has 64 valence electrons. The van der Waals surface area contributed by atoms with Crippen molar-refractivity contribution in [2.45, 2.75) is 0 Å². The molecule has 1 aliphatic heterocycles. The first-order chi connectivity index (χ1) is 5.88. The number of rotatable bonds is 1. The van der Waals surface area contributed by atoms with Gasteiger partial charge in [0.1, 0.15) is 4.64 Å². The van der Waals surface area contributed by atoms with Crippen molar-refractivity contribution in [3.63, 3.8) is 0 Å². The number of hydrogen-bond acceptors (Lipinski definition) is 3. The Bertz CT molecular complexity index is 352. The van der Waals surface area contributed by atoms with E-state index < -0.39 is 0 Å². The van der Waals surface area contributed by atoms with Gasteiger partial charge in [-0.05, 0) is 0 Å². The van der Waals surface area contributed by atoms with Crippen LogP contribution in [0.1, 0.15) is 5.56 Å². The molecule has 0 saturated carbocycles. The number of aromatic nitrogens is 2. The van der Waals surface area contributed by atoms with Gasteiger partial charge in [0.15, 0.2) is 0 Å². The number of nitrogens with one attached hydrogen (secondary N) is 2. The van der Waals surface area contributed by atoms with Gasteiger partial charge in [-0.25, -0.2) is 0 Å². The molecule has 2 heterocycles. The molecule has 4 nitrogen and oxygen atoms in total. The van der Waals surface area contributed by atoms with Crippen LogP contribution in [0.3, 0.4) is 0 Å². The van der Waals surface area contributed by atoms with Crippen LogP contribution in [0.2, 0.25) is 0 Å². The van der Waals surface area contributed by atoms with E-state index in [1.54, 1.807) is 0 Å². The van der Waals surface area contributed by atoms with Crippen LogP contribution < -0.4 is 0 Å². The minimum atomic E-state index is 0.565. The summed E-state index contributed by atoms with van der Waals surface area (Å²) < 4.78 is 5.95. The number of hydrogen-bond donors (Lipinski definition) is 2. The summed E-state index contributed by atoms with van der Waals surface area (Å²) in [6, 6.07) is 0. The standard InChI is InChI=1S/C7H9N3OS/c12-7-5(3-9-10-7)6-4-11-2-1-8-6/h3H,1-2,4H2,(H2,9,10,12). The third-order valence-electron chi connectivity index (χ3n) is 1.73. The lowest BCUT2D eigenvalue weighted by Gasteiger charge is -2.10. The van der Waals surface area contributed by atoms with E-state index >= 15 is 0 Å². The van der Waals surface area contributed by atoms with Crippen LogP contribution >= 0.6 is 12.2 Å². The first kappa shape index (κ1) is 7.70. The highest BCUT2D eigenvalue weighted by Gasteiger charge is 2.09. The fraction of sp³-hybridized carbons (Fsp3) is 0.429. The van der Waals surface area contributed by atoms with Gasteiger partial charge in [0.25, 0.3) is 0 Å². The number of ether oxygens (including phenoxy) is 1. The van der Waals surface area contributed by atoms with E-state index in [1.165, 1.54) is 0 Å². The van der Waals surface area contributed by atoms with Crippen LogP contribution in [0.5, 0.6) is 0 Å². The summed E-state index contributed by atoms with van der Waals surface area (Å²) in [5.41, 5.74) is 1.88. The van der Waals surface area contributed by atoms with E-state index in [0.29, 0.717) is 17.9 Å². The average molecular weight is 183 g/mol. The molecule has 1 aromatic heterocycles. The van der Waals surface area contributed by atoms with Crippen molar-refractivity contribution in [3.8, 4) is 0 Å². The molecule has 0 spiro atoms. The van der Waals surface area contributed by atoms with Gasteiger partial charge in [0.05, 0.1) is 31.0 Å². The Morgan fingerprint density at radius 1 is 1.58 bits per heavy atom. The zero-order valence-electron chi connectivity index (χ0n) is 6.46. The predicted octanol–water partition coefficient (Wildman–Crippen LogP) is 0.892. The lowest BCUT2D eigenvalue weighted by Crippen LogP contribution is -2.18. The Balaban J connectivity index is 2.36. The van der Waals surface area contributed by atoms with Gasteiger partial charge < -0.3 is 9.84 Å². The van der Waals surface area contributed by atoms with E-state index in [2.05, 4.69) is 15.2 Å². The molecular formula is C7H9N3OS. The Morgan fingerprint density at radius 2 is 2.50 bits per heavy atom. The molecule has 0 bridgehead atoms. The second-order valence-electron chi connectivity index (χ2n) is 2.54. The highest BCUT2D eigenvalue weighted by Crippen LogP contribution is 2.04. The SMILES string of the molecule is S=c1[nH][nH]cc1C1=NCCOC1. The lowest BCUT2D eigenvalue weighted by molar-refractivity contribution is 0.171. The number of H-pyrrole nitrogens is 2. The van der Waals surface area contributed by atoms with E-state index in [9.17, 15) is 0 Å². The zero-order chi connectivity index (χ0) is 8.39. The summed E-state index contributed by atoms with van der Waals surface area (Å²) in [5.74, 6) is 0. The van der Waals surface area contributed by atoms with Gasteiger partial charge in [0, 0.05) is 6.20 Å². The van der Waals surface area contributed by atoms with Gasteiger partial charge in [-0.3, -0.25) is 10.1 Å². The summed E-state index contributed by atoms with van der Waals surface area (Å²) in [6.45, 7) is 2.01. The molecule has 2 N–H and O–H groups in total. The second-order valence-corrected chi connectivity index (χ2v) is 2.95. The maximum atomic E-state index is 5.26. The van der Waals surface area contributed by atoms with Crippen molar-refractivity contribution in [2.75, 3.05) is 19.8 Å². The molecule has 0 fully saturated rings.